The second kappa shape index (κ2) is 33.8. The van der Waals surface area contributed by atoms with Crippen LogP contribution in [0, 0.1) is 0 Å². The first-order valence-corrected chi connectivity index (χ1v) is 56.9. The van der Waals surface area contributed by atoms with Gasteiger partial charge in [-0.3, -0.25) is 0 Å². The normalized spacial score (nSPS) is 14.7. The van der Waals surface area contributed by atoms with E-state index in [-0.39, 0.29) is 17.8 Å². The minimum atomic E-state index is -2.86. The van der Waals surface area contributed by atoms with Crippen LogP contribution in [-0.2, 0) is 19.3 Å². The predicted octanol–water partition coefficient (Wildman–Crippen LogP) is 23.1. The molecule has 0 N–H and O–H groups in total. The monoisotopic (exact) mass is 1760 g/mol. The summed E-state index contributed by atoms with van der Waals surface area (Å²) in [6.07, 6.45) is 14.8. The number of pyridine rings is 6. The zero-order valence-electron chi connectivity index (χ0n) is 75.6. The molecule has 0 saturated heterocycles. The van der Waals surface area contributed by atoms with Crippen molar-refractivity contribution in [1.29, 1.82) is 0 Å². The SMILES string of the molecule is CC(Cc1c(-c2ccccc2)nc(-c2ccccc2)nc1-c1ccccc1)c1cc2c(cn1)-c1cnc(-c3cc(-c4cc5c(cn4)-c4cnc(C(C)Cc6c(-c7ccccc7)nc(-c7ccccc7)nc6-c6ccccc6)cc4[SiH-]5(C)C)cc(-c4cc5c(cn4)-c4cnc(C(C)Cc6c(-c7ccccc7)nc(-c7ccccc7)nc6-c6ccccc6)cc4[SiH-]5(C)C)c3)cc1[SiH-]2(C)C. The van der Waals surface area contributed by atoms with E-state index in [1.165, 1.54) is 47.8 Å². The first-order chi connectivity index (χ1) is 64.4. The third-order valence-corrected chi connectivity index (χ3v) is 40.7. The van der Waals surface area contributed by atoms with Gasteiger partial charge in [-0.25, -0.2) is 0 Å². The molecule has 3 aliphatic rings. The van der Waals surface area contributed by atoms with Crippen LogP contribution in [0.25, 0.3) is 169 Å². The summed E-state index contributed by atoms with van der Waals surface area (Å²) in [4.78, 5) is 65.4. The molecule has 3 atom stereocenters. The second-order valence-electron chi connectivity index (χ2n) is 38.3. The van der Waals surface area contributed by atoms with Gasteiger partial charge in [-0.15, -0.1) is 0 Å². The van der Waals surface area contributed by atoms with E-state index in [1.807, 2.05) is 18.2 Å². The molecule has 15 heteroatoms. The van der Waals surface area contributed by atoms with Crippen LogP contribution in [0.2, 0.25) is 39.3 Å². The van der Waals surface area contributed by atoms with Gasteiger partial charge in [0.25, 0.3) is 0 Å². The summed E-state index contributed by atoms with van der Waals surface area (Å²) < 4.78 is 0. The van der Waals surface area contributed by atoms with E-state index >= 15 is 0 Å². The number of aromatic nitrogens is 12. The zero-order chi connectivity index (χ0) is 89.5. The molecule has 0 radical (unpaired) electrons. The molecule has 0 spiro atoms. The number of hydrogen-bond acceptors (Lipinski definition) is 12. The third kappa shape index (κ3) is 15.1. The first kappa shape index (κ1) is 82.7. The average molecular weight is 1760 g/mol. The Morgan fingerprint density at radius 2 is 0.371 bits per heavy atom. The molecule has 132 heavy (non-hydrogen) atoms. The summed E-state index contributed by atoms with van der Waals surface area (Å²) >= 11 is 0. The summed E-state index contributed by atoms with van der Waals surface area (Å²) in [7, 11) is -8.59. The van der Waals surface area contributed by atoms with Gasteiger partial charge in [0.05, 0.1) is 0 Å². The fourth-order valence-corrected chi connectivity index (χ4v) is 31.6. The van der Waals surface area contributed by atoms with E-state index in [2.05, 4.69) is 407 Å². The molecule has 19 aromatic rings. The number of nitrogens with zero attached hydrogens (tertiary/aromatic N) is 12. The Labute approximate surface area is 774 Å². The predicted molar refractivity (Wildman–Crippen MR) is 552 cm³/mol. The molecule has 3 aliphatic heterocycles. The van der Waals surface area contributed by atoms with E-state index in [4.69, 9.17) is 59.8 Å². The van der Waals surface area contributed by atoms with Crippen LogP contribution in [0.3, 0.4) is 0 Å². The summed E-state index contributed by atoms with van der Waals surface area (Å²) in [6, 6.07) is 116. The summed E-state index contributed by atoms with van der Waals surface area (Å²) in [5.41, 5.74) is 34.0. The number of rotatable bonds is 21. The Kier molecular flexibility index (Phi) is 21.2. The van der Waals surface area contributed by atoms with Gasteiger partial charge in [-0.1, -0.05) is 18.2 Å². The van der Waals surface area contributed by atoms with Gasteiger partial charge < -0.3 is 0 Å². The van der Waals surface area contributed by atoms with Crippen molar-refractivity contribution in [1.82, 2.24) is 59.8 Å². The van der Waals surface area contributed by atoms with E-state index in [9.17, 15) is 0 Å². The van der Waals surface area contributed by atoms with E-state index in [0.717, 1.165) is 168 Å². The summed E-state index contributed by atoms with van der Waals surface area (Å²) in [5, 5.41) is 8.26. The summed E-state index contributed by atoms with van der Waals surface area (Å²) in [6.45, 7) is 22.1. The Bertz CT molecular complexity index is 6750. The van der Waals surface area contributed by atoms with Crippen molar-refractivity contribution >= 4 is 55.3 Å². The fourth-order valence-electron chi connectivity index (χ4n) is 21.1. The van der Waals surface area contributed by atoms with Crippen LogP contribution in [0.5, 0.6) is 0 Å². The maximum atomic E-state index is 5.53. The average Bonchev–Trinajstić information content (AvgIpc) is 1.58. The topological polar surface area (TPSA) is 155 Å². The molecule has 22 rings (SSSR count). The molecule has 0 amide bonds. The Morgan fingerprint density at radius 3 is 0.568 bits per heavy atom. The van der Waals surface area contributed by atoms with Crippen molar-refractivity contribution in [2.24, 2.45) is 0 Å². The molecule has 642 valence electrons. The number of hydrogen-bond donors (Lipinski definition) is 0. The van der Waals surface area contributed by atoms with Crippen molar-refractivity contribution in [3.63, 3.8) is 0 Å². The Balaban J connectivity index is 0.619. The third-order valence-electron chi connectivity index (χ3n) is 28.5. The molecule has 0 saturated carbocycles. The van der Waals surface area contributed by atoms with Gasteiger partial charge in [0, 0.05) is 0 Å². The van der Waals surface area contributed by atoms with Gasteiger partial charge >= 0.3 is 761 Å². The number of fused-ring (bicyclic) bond motifs is 9. The van der Waals surface area contributed by atoms with Crippen LogP contribution in [0.15, 0.2) is 365 Å². The molecule has 0 aliphatic carbocycles. The van der Waals surface area contributed by atoms with Crippen LogP contribution in [-0.4, -0.2) is 84.0 Å². The van der Waals surface area contributed by atoms with Gasteiger partial charge in [-0.2, -0.15) is 0 Å². The van der Waals surface area contributed by atoms with Crippen LogP contribution < -0.4 is 31.1 Å². The number of benzene rings is 10. The Morgan fingerprint density at radius 1 is 0.197 bits per heavy atom. The molecule has 12 heterocycles. The molecule has 9 aromatic heterocycles. The molecule has 0 bridgehead atoms. The maximum absolute atomic E-state index is 5.53. The van der Waals surface area contributed by atoms with Crippen LogP contribution in [0.4, 0.5) is 0 Å². The van der Waals surface area contributed by atoms with Crippen molar-refractivity contribution < 1.29 is 0 Å². The van der Waals surface area contributed by atoms with E-state index in [0.29, 0.717) is 36.7 Å². The molecule has 0 fully saturated rings. The molecule has 12 nitrogen and oxygen atoms in total. The Hall–Kier alpha value is -15.0. The zero-order valence-corrected chi connectivity index (χ0v) is 79.1. The van der Waals surface area contributed by atoms with Crippen molar-refractivity contribution in [3.05, 3.63) is 399 Å². The van der Waals surface area contributed by atoms with Crippen molar-refractivity contribution in [2.75, 3.05) is 0 Å². The van der Waals surface area contributed by atoms with Gasteiger partial charge in [0.1, 0.15) is 0 Å². The van der Waals surface area contributed by atoms with E-state index in [1.54, 1.807) is 0 Å². The van der Waals surface area contributed by atoms with Gasteiger partial charge in [0.15, 0.2) is 0 Å². The van der Waals surface area contributed by atoms with Crippen LogP contribution >= 0.6 is 0 Å². The molecule has 3 unspecified atom stereocenters. The molecular formula is C117H99N12Si3-3. The van der Waals surface area contributed by atoms with E-state index < -0.39 is 24.2 Å². The van der Waals surface area contributed by atoms with Crippen LogP contribution in [0.1, 0.15) is 72.3 Å². The standard InChI is InChI=1S/C117H99N12Si3/c1-73(55-88-109(76-37-19-10-20-38-76)124-115(82-49-31-16-32-50-82)125-110(88)77-39-21-11-22-40-77)97-61-103-91(67-118-97)94-70-121-100(64-106(94)130(103,4)5)85-58-86(101-65-107-95(71-122-101)92-68-119-98(62-104(92)131(107,6)7)74(2)56-89-111(78-41-23-12-24-42-78)126-116(83-51-33-17-34-52-83)127-112(89)79-43-25-13-26-44-79)60-87(59-85)102-66-108-96(72-123-102)93-69-120-99(63-105(93)132(108,8)9)75(3)57-90-113(80-45-27-14-28-46-80)128-117(84-53-35-18-36-54-84)129-114(90)81-47-29-15-30-48-81/h10-54,58-75,130-132H,55-57H2,1-9H3/q-3. The van der Waals surface area contributed by atoms with Gasteiger partial charge in [-0.05, 0) is 0 Å². The van der Waals surface area contributed by atoms with Crippen molar-refractivity contribution in [3.8, 4) is 169 Å². The quantitative estimate of drug-likeness (QED) is 0.0629. The minimum absolute atomic E-state index is 0.0142. The van der Waals surface area contributed by atoms with Gasteiger partial charge in [0.2, 0.25) is 0 Å². The first-order valence-electron chi connectivity index (χ1n) is 46.5. The summed E-state index contributed by atoms with van der Waals surface area (Å²) in [5.74, 6) is 2.14. The van der Waals surface area contributed by atoms with Crippen molar-refractivity contribution in [2.45, 2.75) is 97.1 Å². The molecular weight excluding hydrogens is 1660 g/mol. The molecule has 10 aromatic carbocycles. The fraction of sp³-hybridized carbons (Fsp3) is 0.128. The second-order valence-corrected chi connectivity index (χ2v) is 53.3.